The Hall–Kier alpha value is -1.71. The van der Waals surface area contributed by atoms with Gasteiger partial charge in [-0.3, -0.25) is 14.9 Å². The summed E-state index contributed by atoms with van der Waals surface area (Å²) in [6.45, 7) is -0.138. The smallest absolute Gasteiger partial charge is 0.270 e. The van der Waals surface area contributed by atoms with E-state index in [1.807, 2.05) is 0 Å². The van der Waals surface area contributed by atoms with Gasteiger partial charge in [0.05, 0.1) is 9.95 Å². The van der Waals surface area contributed by atoms with Crippen LogP contribution in [0.2, 0.25) is 5.02 Å². The summed E-state index contributed by atoms with van der Waals surface area (Å²) >= 11 is 5.73. The largest absolute Gasteiger partial charge is 0.359 e. The van der Waals surface area contributed by atoms with Crippen molar-refractivity contribution in [1.29, 1.82) is 0 Å². The van der Waals surface area contributed by atoms with Crippen molar-refractivity contribution in [3.63, 3.8) is 0 Å². The zero-order valence-electron chi connectivity index (χ0n) is 10.4. The van der Waals surface area contributed by atoms with Gasteiger partial charge < -0.3 is 5.32 Å². The molecule has 1 aromatic carbocycles. The normalized spacial score (nSPS) is 11.1. The maximum absolute atomic E-state index is 11.9. The second-order valence-electron chi connectivity index (χ2n) is 3.69. The molecule has 0 aliphatic carbocycles. The molecule has 0 radical (unpaired) electrons. The van der Waals surface area contributed by atoms with Crippen LogP contribution in [0.1, 0.15) is 6.42 Å². The van der Waals surface area contributed by atoms with Gasteiger partial charge in [-0.25, -0.2) is 13.1 Å². The van der Waals surface area contributed by atoms with Gasteiger partial charge in [0.1, 0.15) is 4.90 Å². The lowest BCUT2D eigenvalue weighted by molar-refractivity contribution is -0.385. The third kappa shape index (κ3) is 4.15. The average Bonchev–Trinajstić information content (AvgIpc) is 2.38. The van der Waals surface area contributed by atoms with E-state index in [0.717, 1.165) is 18.2 Å². The van der Waals surface area contributed by atoms with Gasteiger partial charge in [-0.05, 0) is 6.07 Å². The number of benzene rings is 1. The van der Waals surface area contributed by atoms with E-state index in [-0.39, 0.29) is 29.6 Å². The van der Waals surface area contributed by atoms with Crippen LogP contribution in [0.25, 0.3) is 0 Å². The molecule has 0 aromatic heterocycles. The number of carbonyl (C=O) groups is 1. The van der Waals surface area contributed by atoms with E-state index in [0.29, 0.717) is 0 Å². The van der Waals surface area contributed by atoms with Crippen LogP contribution in [0.4, 0.5) is 5.69 Å². The molecular weight excluding hydrogens is 310 g/mol. The fourth-order valence-electron chi connectivity index (χ4n) is 1.31. The van der Waals surface area contributed by atoms with E-state index in [9.17, 15) is 23.3 Å². The summed E-state index contributed by atoms with van der Waals surface area (Å²) in [4.78, 5) is 20.5. The van der Waals surface area contributed by atoms with Crippen molar-refractivity contribution in [2.45, 2.75) is 11.3 Å². The highest BCUT2D eigenvalue weighted by molar-refractivity contribution is 7.89. The van der Waals surface area contributed by atoms with Gasteiger partial charge in [0, 0.05) is 32.1 Å². The first-order valence-corrected chi connectivity index (χ1v) is 7.28. The minimum Gasteiger partial charge on any atom is -0.359 e. The first-order chi connectivity index (χ1) is 9.27. The molecule has 0 unspecified atom stereocenters. The van der Waals surface area contributed by atoms with Gasteiger partial charge in [-0.15, -0.1) is 0 Å². The van der Waals surface area contributed by atoms with Gasteiger partial charge in [0.2, 0.25) is 15.9 Å². The second kappa shape index (κ2) is 6.64. The number of rotatable bonds is 6. The lowest BCUT2D eigenvalue weighted by Gasteiger charge is -2.07. The molecule has 0 spiro atoms. The molecule has 2 N–H and O–H groups in total. The number of nitro groups is 1. The van der Waals surface area contributed by atoms with Crippen LogP contribution in [-0.2, 0) is 14.8 Å². The van der Waals surface area contributed by atoms with E-state index >= 15 is 0 Å². The average molecular weight is 322 g/mol. The summed E-state index contributed by atoms with van der Waals surface area (Å²) in [5.74, 6) is -0.335. The molecule has 8 nitrogen and oxygen atoms in total. The molecule has 0 atom stereocenters. The quantitative estimate of drug-likeness (QED) is 0.589. The second-order valence-corrected chi connectivity index (χ2v) is 5.84. The Morgan fingerprint density at radius 3 is 2.65 bits per heavy atom. The summed E-state index contributed by atoms with van der Waals surface area (Å²) < 4.78 is 26.0. The van der Waals surface area contributed by atoms with Crippen molar-refractivity contribution in [2.24, 2.45) is 0 Å². The fourth-order valence-corrected chi connectivity index (χ4v) is 2.86. The van der Waals surface area contributed by atoms with Gasteiger partial charge >= 0.3 is 0 Å². The molecule has 0 fully saturated rings. The summed E-state index contributed by atoms with van der Waals surface area (Å²) in [6, 6.07) is 3.10. The highest BCUT2D eigenvalue weighted by Crippen LogP contribution is 2.25. The maximum Gasteiger partial charge on any atom is 0.270 e. The van der Waals surface area contributed by atoms with Crippen molar-refractivity contribution in [2.75, 3.05) is 13.6 Å². The molecular formula is C10H12ClN3O5S. The fraction of sp³-hybridized carbons (Fsp3) is 0.300. The van der Waals surface area contributed by atoms with E-state index in [1.165, 1.54) is 7.05 Å². The number of sulfonamides is 1. The van der Waals surface area contributed by atoms with E-state index in [2.05, 4.69) is 10.0 Å². The molecule has 0 aliphatic rings. The van der Waals surface area contributed by atoms with Crippen LogP contribution >= 0.6 is 11.6 Å². The Morgan fingerprint density at radius 2 is 2.10 bits per heavy atom. The number of carbonyl (C=O) groups excluding carboxylic acids is 1. The standard InChI is InChI=1S/C10H12ClN3O5S/c1-12-10(15)4-5-13-20(18,19)9-6-7(14(16)17)2-3-8(9)11/h2-3,6,13H,4-5H2,1H3,(H,12,15). The number of hydrogen-bond donors (Lipinski definition) is 2. The first-order valence-electron chi connectivity index (χ1n) is 5.42. The van der Waals surface area contributed by atoms with Gasteiger partial charge in [0.25, 0.3) is 5.69 Å². The minimum atomic E-state index is -4.02. The first kappa shape index (κ1) is 16.3. The molecule has 0 bridgehead atoms. The number of hydrogen-bond acceptors (Lipinski definition) is 5. The summed E-state index contributed by atoms with van der Waals surface area (Å²) in [7, 11) is -2.59. The van der Waals surface area contributed by atoms with Crippen LogP contribution in [-0.4, -0.2) is 32.8 Å². The van der Waals surface area contributed by atoms with Crippen molar-refractivity contribution >= 4 is 33.2 Å². The Morgan fingerprint density at radius 1 is 1.45 bits per heavy atom. The summed E-state index contributed by atoms with van der Waals surface area (Å²) in [5.41, 5.74) is -0.388. The van der Waals surface area contributed by atoms with Gasteiger partial charge in [-0.1, -0.05) is 11.6 Å². The highest BCUT2D eigenvalue weighted by atomic mass is 35.5. The lowest BCUT2D eigenvalue weighted by Crippen LogP contribution is -2.29. The van der Waals surface area contributed by atoms with E-state index < -0.39 is 19.8 Å². The zero-order chi connectivity index (χ0) is 15.3. The molecule has 10 heteroatoms. The number of nitrogens with one attached hydrogen (secondary N) is 2. The van der Waals surface area contributed by atoms with E-state index in [4.69, 9.17) is 11.6 Å². The third-order valence-electron chi connectivity index (χ3n) is 2.34. The Kier molecular flexibility index (Phi) is 5.43. The molecule has 0 heterocycles. The number of non-ortho nitro benzene ring substituents is 1. The Balaban J connectivity index is 2.94. The van der Waals surface area contributed by atoms with Crippen LogP contribution in [0, 0.1) is 10.1 Å². The van der Waals surface area contributed by atoms with Gasteiger partial charge in [0.15, 0.2) is 0 Å². The topological polar surface area (TPSA) is 118 Å². The van der Waals surface area contributed by atoms with Crippen molar-refractivity contribution in [1.82, 2.24) is 10.0 Å². The number of nitrogens with zero attached hydrogens (tertiary/aromatic N) is 1. The lowest BCUT2D eigenvalue weighted by atomic mass is 10.3. The molecule has 0 aliphatic heterocycles. The van der Waals surface area contributed by atoms with Crippen molar-refractivity contribution < 1.29 is 18.1 Å². The summed E-state index contributed by atoms with van der Waals surface area (Å²) in [6.07, 6.45) is -0.0533. The zero-order valence-corrected chi connectivity index (χ0v) is 12.0. The molecule has 20 heavy (non-hydrogen) atoms. The maximum atomic E-state index is 11.9. The van der Waals surface area contributed by atoms with Crippen LogP contribution < -0.4 is 10.0 Å². The van der Waals surface area contributed by atoms with Crippen LogP contribution in [0.3, 0.4) is 0 Å². The van der Waals surface area contributed by atoms with E-state index in [1.54, 1.807) is 0 Å². The number of halogens is 1. The molecule has 0 saturated heterocycles. The monoisotopic (exact) mass is 321 g/mol. The third-order valence-corrected chi connectivity index (χ3v) is 4.28. The van der Waals surface area contributed by atoms with Crippen molar-refractivity contribution in [3.8, 4) is 0 Å². The minimum absolute atomic E-state index is 0.0533. The molecule has 1 amide bonds. The van der Waals surface area contributed by atoms with Crippen LogP contribution in [0.15, 0.2) is 23.1 Å². The number of amides is 1. The molecule has 1 aromatic rings. The predicted octanol–water partition coefficient (Wildman–Crippen LogP) is 0.663. The predicted molar refractivity (Wildman–Crippen MR) is 72.0 cm³/mol. The summed E-state index contributed by atoms with van der Waals surface area (Å²) in [5, 5.41) is 12.8. The molecule has 0 saturated carbocycles. The Labute approximate surface area is 120 Å². The Bertz CT molecular complexity index is 632. The SMILES string of the molecule is CNC(=O)CCNS(=O)(=O)c1cc([N+](=O)[O-])ccc1Cl. The molecule has 110 valence electrons. The van der Waals surface area contributed by atoms with Gasteiger partial charge in [-0.2, -0.15) is 0 Å². The number of nitro benzene ring substituents is 1. The highest BCUT2D eigenvalue weighted by Gasteiger charge is 2.21. The molecule has 1 rings (SSSR count). The van der Waals surface area contributed by atoms with Crippen molar-refractivity contribution in [3.05, 3.63) is 33.3 Å². The van der Waals surface area contributed by atoms with Crippen LogP contribution in [0.5, 0.6) is 0 Å².